The van der Waals surface area contributed by atoms with E-state index in [1.165, 1.54) is 25.2 Å². The molecule has 7 heteroatoms. The Bertz CT molecular complexity index is 560. The van der Waals surface area contributed by atoms with E-state index < -0.39 is 19.9 Å². The van der Waals surface area contributed by atoms with Gasteiger partial charge in [0, 0.05) is 6.26 Å². The van der Waals surface area contributed by atoms with Crippen molar-refractivity contribution in [2.75, 3.05) is 13.3 Å². The van der Waals surface area contributed by atoms with E-state index in [0.29, 0.717) is 0 Å². The molecule has 0 unspecified atom stereocenters. The first-order valence-electron chi connectivity index (χ1n) is 4.01. The van der Waals surface area contributed by atoms with Gasteiger partial charge in [-0.05, 0) is 25.2 Å². The molecule has 1 aromatic carbocycles. The van der Waals surface area contributed by atoms with Crippen LogP contribution in [0.1, 0.15) is 0 Å². The minimum Gasteiger partial charge on any atom is -0.224 e. The third-order valence-electron chi connectivity index (χ3n) is 1.81. The van der Waals surface area contributed by atoms with Gasteiger partial charge < -0.3 is 0 Å². The van der Waals surface area contributed by atoms with Crippen molar-refractivity contribution in [1.82, 2.24) is 4.72 Å². The van der Waals surface area contributed by atoms with Crippen LogP contribution in [0.15, 0.2) is 34.1 Å². The second kappa shape index (κ2) is 3.92. The molecule has 0 heterocycles. The lowest BCUT2D eigenvalue weighted by Crippen LogP contribution is -2.18. The highest BCUT2D eigenvalue weighted by atomic mass is 32.2. The highest BCUT2D eigenvalue weighted by Gasteiger charge is 2.14. The van der Waals surface area contributed by atoms with Gasteiger partial charge in [-0.15, -0.1) is 0 Å². The van der Waals surface area contributed by atoms with Gasteiger partial charge in [-0.3, -0.25) is 0 Å². The van der Waals surface area contributed by atoms with Crippen molar-refractivity contribution in [3.8, 4) is 0 Å². The van der Waals surface area contributed by atoms with Crippen LogP contribution in [-0.2, 0) is 19.9 Å². The predicted octanol–water partition coefficient (Wildman–Crippen LogP) is -0.00180. The van der Waals surface area contributed by atoms with E-state index in [9.17, 15) is 16.8 Å². The van der Waals surface area contributed by atoms with Crippen molar-refractivity contribution < 1.29 is 16.8 Å². The lowest BCUT2D eigenvalue weighted by molar-refractivity contribution is 0.588. The van der Waals surface area contributed by atoms with Crippen LogP contribution in [0.2, 0.25) is 0 Å². The first kappa shape index (κ1) is 12.2. The zero-order chi connectivity index (χ0) is 11.7. The van der Waals surface area contributed by atoms with Gasteiger partial charge in [0.05, 0.1) is 9.79 Å². The molecule has 0 saturated carbocycles. The predicted molar refractivity (Wildman–Crippen MR) is 55.8 cm³/mol. The molecule has 0 atom stereocenters. The highest BCUT2D eigenvalue weighted by molar-refractivity contribution is 7.91. The van der Waals surface area contributed by atoms with Gasteiger partial charge in [0.25, 0.3) is 0 Å². The van der Waals surface area contributed by atoms with Crippen LogP contribution in [0.25, 0.3) is 0 Å². The minimum atomic E-state index is -3.60. The summed E-state index contributed by atoms with van der Waals surface area (Å²) >= 11 is 0. The first-order chi connectivity index (χ1) is 6.77. The van der Waals surface area contributed by atoms with Gasteiger partial charge in [-0.25, -0.2) is 21.6 Å². The van der Waals surface area contributed by atoms with E-state index in [1.54, 1.807) is 0 Å². The number of hydrogen-bond acceptors (Lipinski definition) is 4. The molecule has 15 heavy (non-hydrogen) atoms. The van der Waals surface area contributed by atoms with Crippen LogP contribution in [-0.4, -0.2) is 30.1 Å². The molecular weight excluding hydrogens is 238 g/mol. The van der Waals surface area contributed by atoms with Crippen molar-refractivity contribution in [3.63, 3.8) is 0 Å². The number of nitrogens with one attached hydrogen (secondary N) is 1. The summed E-state index contributed by atoms with van der Waals surface area (Å²) in [5.74, 6) is 0. The number of sulfone groups is 1. The third kappa shape index (κ3) is 2.77. The normalized spacial score (nSPS) is 12.7. The maximum Gasteiger partial charge on any atom is 0.240 e. The molecule has 0 bridgehead atoms. The third-order valence-corrected chi connectivity index (χ3v) is 4.33. The maximum absolute atomic E-state index is 11.4. The molecule has 0 amide bonds. The summed E-state index contributed by atoms with van der Waals surface area (Å²) in [5, 5.41) is 0. The average Bonchev–Trinajstić information content (AvgIpc) is 2.17. The Balaban J connectivity index is 3.39. The topological polar surface area (TPSA) is 80.3 Å². The molecule has 0 fully saturated rings. The lowest BCUT2D eigenvalue weighted by Gasteiger charge is -2.03. The zero-order valence-electron chi connectivity index (χ0n) is 8.26. The molecule has 1 aromatic rings. The summed E-state index contributed by atoms with van der Waals surface area (Å²) in [7, 11) is -5.72. The number of benzene rings is 1. The van der Waals surface area contributed by atoms with E-state index in [1.807, 2.05) is 0 Å². The molecule has 0 saturated heterocycles. The first-order valence-corrected chi connectivity index (χ1v) is 7.38. The van der Waals surface area contributed by atoms with E-state index >= 15 is 0 Å². The van der Waals surface area contributed by atoms with Crippen molar-refractivity contribution in [2.45, 2.75) is 9.79 Å². The largest absolute Gasteiger partial charge is 0.240 e. The number of sulfonamides is 1. The zero-order valence-corrected chi connectivity index (χ0v) is 9.89. The Morgan fingerprint density at radius 2 is 1.60 bits per heavy atom. The molecule has 1 N–H and O–H groups in total. The smallest absolute Gasteiger partial charge is 0.224 e. The molecule has 0 spiro atoms. The second-order valence-corrected chi connectivity index (χ2v) is 6.86. The Kier molecular flexibility index (Phi) is 3.17. The van der Waals surface area contributed by atoms with E-state index in [2.05, 4.69) is 4.72 Å². The van der Waals surface area contributed by atoms with Crippen LogP contribution in [0.5, 0.6) is 0 Å². The van der Waals surface area contributed by atoms with Gasteiger partial charge in [0.1, 0.15) is 0 Å². The Labute approximate surface area is 89.1 Å². The second-order valence-electron chi connectivity index (χ2n) is 2.95. The summed E-state index contributed by atoms with van der Waals surface area (Å²) < 4.78 is 47.2. The Morgan fingerprint density at radius 1 is 1.07 bits per heavy atom. The van der Waals surface area contributed by atoms with E-state index in [4.69, 9.17) is 0 Å². The summed E-state index contributed by atoms with van der Waals surface area (Å²) in [5.41, 5.74) is 0. The molecule has 0 radical (unpaired) electrons. The van der Waals surface area contributed by atoms with Crippen molar-refractivity contribution >= 4 is 19.9 Å². The minimum absolute atomic E-state index is 0.0150. The lowest BCUT2D eigenvalue weighted by atomic mass is 10.4. The van der Waals surface area contributed by atoms with Crippen molar-refractivity contribution in [1.29, 1.82) is 0 Å². The fraction of sp³-hybridized carbons (Fsp3) is 0.250. The highest BCUT2D eigenvalue weighted by Crippen LogP contribution is 2.14. The van der Waals surface area contributed by atoms with Crippen molar-refractivity contribution in [2.24, 2.45) is 0 Å². The summed E-state index contributed by atoms with van der Waals surface area (Å²) in [6.45, 7) is 0. The van der Waals surface area contributed by atoms with Crippen molar-refractivity contribution in [3.05, 3.63) is 24.3 Å². The number of hydrogen-bond donors (Lipinski definition) is 1. The van der Waals surface area contributed by atoms with Crippen LogP contribution in [0.3, 0.4) is 0 Å². The van der Waals surface area contributed by atoms with Gasteiger partial charge in [0.15, 0.2) is 9.84 Å². The quantitative estimate of drug-likeness (QED) is 0.817. The molecule has 1 rings (SSSR count). The molecule has 5 nitrogen and oxygen atoms in total. The summed E-state index contributed by atoms with van der Waals surface area (Å²) in [4.78, 5) is -0.0771. The molecule has 0 aliphatic rings. The van der Waals surface area contributed by atoms with Gasteiger partial charge >= 0.3 is 0 Å². The summed E-state index contributed by atoms with van der Waals surface area (Å²) in [6.07, 6.45) is 1.03. The maximum atomic E-state index is 11.4. The Hall–Kier alpha value is -0.920. The standard InChI is InChI=1S/C8H11NO4S2/c1-9-15(12,13)8-5-3-4-7(6-8)14(2,10)11/h3-6,9H,1-2H3. The monoisotopic (exact) mass is 249 g/mol. The molecular formula is C8H11NO4S2. The van der Waals surface area contributed by atoms with Gasteiger partial charge in [-0.1, -0.05) is 6.07 Å². The van der Waals surface area contributed by atoms with Crippen LogP contribution >= 0.6 is 0 Å². The van der Waals surface area contributed by atoms with Crippen LogP contribution in [0, 0.1) is 0 Å². The van der Waals surface area contributed by atoms with Gasteiger partial charge in [0.2, 0.25) is 10.0 Å². The van der Waals surface area contributed by atoms with Gasteiger partial charge in [-0.2, -0.15) is 0 Å². The molecule has 0 aliphatic heterocycles. The van der Waals surface area contributed by atoms with Crippen LogP contribution in [0.4, 0.5) is 0 Å². The van der Waals surface area contributed by atoms with E-state index in [-0.39, 0.29) is 9.79 Å². The molecule has 0 aliphatic carbocycles. The van der Waals surface area contributed by atoms with Crippen LogP contribution < -0.4 is 4.72 Å². The number of rotatable bonds is 3. The van der Waals surface area contributed by atoms with E-state index in [0.717, 1.165) is 12.3 Å². The fourth-order valence-corrected chi connectivity index (χ4v) is 2.51. The fourth-order valence-electron chi connectivity index (χ4n) is 0.990. The average molecular weight is 249 g/mol. The molecule has 0 aromatic heterocycles. The SMILES string of the molecule is CNS(=O)(=O)c1cccc(S(C)(=O)=O)c1. The molecule has 84 valence electrons. The Morgan fingerprint density at radius 3 is 2.07 bits per heavy atom. The summed E-state index contributed by atoms with van der Waals surface area (Å²) in [6, 6.07) is 5.20.